The van der Waals surface area contributed by atoms with E-state index in [1.165, 1.54) is 29.2 Å². The molecule has 0 radical (unpaired) electrons. The molecule has 3 rings (SSSR count). The largest absolute Gasteiger partial charge is 0.416 e. The zero-order valence-corrected chi connectivity index (χ0v) is 18.4. The minimum absolute atomic E-state index is 0.0362. The first-order valence-electron chi connectivity index (χ1n) is 9.07. The molecule has 11 heteroatoms. The number of rotatable bonds is 4. The number of alkyl halides is 3. The van der Waals surface area contributed by atoms with Crippen LogP contribution in [0.1, 0.15) is 18.9 Å². The fourth-order valence-corrected chi connectivity index (χ4v) is 4.27. The molecule has 1 aliphatic rings. The van der Waals surface area contributed by atoms with Gasteiger partial charge in [-0.3, -0.25) is 14.5 Å². The molecular formula is C20H16Cl2F3N3O2S. The molecule has 5 nitrogen and oxygen atoms in total. The predicted molar refractivity (Wildman–Crippen MR) is 117 cm³/mol. The molecule has 0 aromatic heterocycles. The van der Waals surface area contributed by atoms with E-state index in [1.54, 1.807) is 13.0 Å². The van der Waals surface area contributed by atoms with Gasteiger partial charge in [0.05, 0.1) is 21.3 Å². The number of carbonyl (C=O) groups excluding carboxylic acids is 2. The third-order valence-corrected chi connectivity index (χ3v) is 6.26. The molecule has 0 aliphatic carbocycles. The van der Waals surface area contributed by atoms with Gasteiger partial charge in [0.2, 0.25) is 11.8 Å². The van der Waals surface area contributed by atoms with Crippen LogP contribution in [0.15, 0.2) is 47.5 Å². The SMILES string of the molecule is CCN1C(=O)CC(C(=O)Nc2ccc(Cl)c(Cl)c2)SC1=Nc1cccc(C(F)(F)F)c1. The predicted octanol–water partition coefficient (Wildman–Crippen LogP) is 5.99. The van der Waals surface area contributed by atoms with Gasteiger partial charge in [-0.1, -0.05) is 41.0 Å². The van der Waals surface area contributed by atoms with Crippen LogP contribution >= 0.6 is 35.0 Å². The first-order chi connectivity index (χ1) is 14.6. The molecule has 1 N–H and O–H groups in total. The minimum atomic E-state index is -4.52. The van der Waals surface area contributed by atoms with E-state index in [4.69, 9.17) is 23.2 Å². The fraction of sp³-hybridized carbons (Fsp3) is 0.250. The molecule has 31 heavy (non-hydrogen) atoms. The number of hydrogen-bond acceptors (Lipinski definition) is 4. The number of benzene rings is 2. The molecule has 0 bridgehead atoms. The highest BCUT2D eigenvalue weighted by Crippen LogP contribution is 2.34. The fourth-order valence-electron chi connectivity index (χ4n) is 2.81. The molecule has 2 aromatic carbocycles. The second-order valence-electron chi connectivity index (χ2n) is 6.51. The number of aliphatic imine (C=N–C) groups is 1. The van der Waals surface area contributed by atoms with E-state index in [0.29, 0.717) is 10.7 Å². The van der Waals surface area contributed by atoms with Gasteiger partial charge in [-0.25, -0.2) is 4.99 Å². The molecule has 1 atom stereocenters. The Balaban J connectivity index is 1.84. The van der Waals surface area contributed by atoms with Crippen LogP contribution in [0.4, 0.5) is 24.5 Å². The van der Waals surface area contributed by atoms with Gasteiger partial charge in [0.15, 0.2) is 5.17 Å². The number of nitrogens with one attached hydrogen (secondary N) is 1. The topological polar surface area (TPSA) is 61.8 Å². The highest BCUT2D eigenvalue weighted by Gasteiger charge is 2.35. The Morgan fingerprint density at radius 3 is 2.61 bits per heavy atom. The number of anilines is 1. The second kappa shape index (κ2) is 9.50. The summed E-state index contributed by atoms with van der Waals surface area (Å²) in [6, 6.07) is 9.05. The molecule has 1 aliphatic heterocycles. The lowest BCUT2D eigenvalue weighted by atomic mass is 10.2. The average molecular weight is 490 g/mol. The van der Waals surface area contributed by atoms with Crippen LogP contribution in [-0.2, 0) is 15.8 Å². The van der Waals surface area contributed by atoms with E-state index < -0.39 is 22.9 Å². The van der Waals surface area contributed by atoms with Crippen LogP contribution in [0, 0.1) is 0 Å². The standard InChI is InChI=1S/C20H16Cl2F3N3O2S/c1-2-28-17(29)10-16(18(30)26-13-6-7-14(21)15(22)9-13)31-19(28)27-12-5-3-4-11(8-12)20(23,24)25/h3-9,16H,2,10H2,1H3,(H,26,30). The molecule has 1 saturated heterocycles. The molecule has 0 saturated carbocycles. The summed E-state index contributed by atoms with van der Waals surface area (Å²) in [5.41, 5.74) is -0.408. The van der Waals surface area contributed by atoms with E-state index in [0.717, 1.165) is 23.9 Å². The Kier molecular flexibility index (Phi) is 7.18. The van der Waals surface area contributed by atoms with Crippen molar-refractivity contribution in [2.24, 2.45) is 4.99 Å². The molecular weight excluding hydrogens is 474 g/mol. The minimum Gasteiger partial charge on any atom is -0.325 e. The Morgan fingerprint density at radius 1 is 1.23 bits per heavy atom. The highest BCUT2D eigenvalue weighted by atomic mass is 35.5. The normalized spacial score (nSPS) is 18.4. The quantitative estimate of drug-likeness (QED) is 0.573. The second-order valence-corrected chi connectivity index (χ2v) is 8.49. The summed E-state index contributed by atoms with van der Waals surface area (Å²) in [6.07, 6.45) is -4.59. The van der Waals surface area contributed by atoms with E-state index in [1.807, 2.05) is 0 Å². The third kappa shape index (κ3) is 5.72. The number of amides is 2. The number of halogens is 5. The molecule has 1 unspecified atom stereocenters. The molecule has 164 valence electrons. The van der Waals surface area contributed by atoms with Crippen molar-refractivity contribution in [2.45, 2.75) is 24.8 Å². The van der Waals surface area contributed by atoms with Crippen molar-refractivity contribution in [3.8, 4) is 0 Å². The number of nitrogens with zero attached hydrogens (tertiary/aromatic N) is 2. The number of hydrogen-bond donors (Lipinski definition) is 1. The van der Waals surface area contributed by atoms with Crippen LogP contribution in [-0.4, -0.2) is 33.7 Å². The van der Waals surface area contributed by atoms with E-state index in [-0.39, 0.29) is 34.8 Å². The van der Waals surface area contributed by atoms with Crippen molar-refractivity contribution in [1.82, 2.24) is 4.90 Å². The summed E-state index contributed by atoms with van der Waals surface area (Å²) in [4.78, 5) is 30.8. The van der Waals surface area contributed by atoms with E-state index in [2.05, 4.69) is 10.3 Å². The number of amidine groups is 1. The van der Waals surface area contributed by atoms with Crippen LogP contribution in [0.25, 0.3) is 0 Å². The van der Waals surface area contributed by atoms with Gasteiger partial charge in [0.25, 0.3) is 0 Å². The first-order valence-corrected chi connectivity index (χ1v) is 10.7. The molecule has 1 heterocycles. The lowest BCUT2D eigenvalue weighted by Gasteiger charge is -2.31. The summed E-state index contributed by atoms with van der Waals surface area (Å²) in [5, 5.41) is 2.61. The smallest absolute Gasteiger partial charge is 0.325 e. The summed E-state index contributed by atoms with van der Waals surface area (Å²) in [7, 11) is 0. The summed E-state index contributed by atoms with van der Waals surface area (Å²) < 4.78 is 39.0. The Morgan fingerprint density at radius 2 is 1.97 bits per heavy atom. The van der Waals surface area contributed by atoms with Gasteiger partial charge < -0.3 is 5.32 Å². The summed E-state index contributed by atoms with van der Waals surface area (Å²) >= 11 is 12.8. The molecule has 2 amide bonds. The van der Waals surface area contributed by atoms with E-state index >= 15 is 0 Å². The van der Waals surface area contributed by atoms with Crippen LogP contribution in [0.3, 0.4) is 0 Å². The maximum atomic E-state index is 13.0. The Labute approximate surface area is 190 Å². The van der Waals surface area contributed by atoms with E-state index in [9.17, 15) is 22.8 Å². The van der Waals surface area contributed by atoms with Crippen molar-refractivity contribution in [3.63, 3.8) is 0 Å². The van der Waals surface area contributed by atoms with Gasteiger partial charge >= 0.3 is 6.18 Å². The van der Waals surface area contributed by atoms with Gasteiger partial charge in [-0.15, -0.1) is 0 Å². The zero-order valence-electron chi connectivity index (χ0n) is 16.0. The third-order valence-electron chi connectivity index (χ3n) is 4.33. The van der Waals surface area contributed by atoms with Crippen molar-refractivity contribution in [3.05, 3.63) is 58.1 Å². The van der Waals surface area contributed by atoms with Crippen molar-refractivity contribution >= 4 is 63.3 Å². The van der Waals surface area contributed by atoms with Crippen LogP contribution in [0.5, 0.6) is 0 Å². The highest BCUT2D eigenvalue weighted by molar-refractivity contribution is 8.15. The maximum absolute atomic E-state index is 13.0. The van der Waals surface area contributed by atoms with Gasteiger partial charge in [-0.05, 0) is 43.3 Å². The van der Waals surface area contributed by atoms with Gasteiger partial charge in [-0.2, -0.15) is 13.2 Å². The lowest BCUT2D eigenvalue weighted by Crippen LogP contribution is -2.45. The van der Waals surface area contributed by atoms with Crippen LogP contribution < -0.4 is 5.32 Å². The monoisotopic (exact) mass is 489 g/mol. The number of carbonyl (C=O) groups is 2. The molecule has 1 fully saturated rings. The number of thioether (sulfide) groups is 1. The lowest BCUT2D eigenvalue weighted by molar-refractivity contribution is -0.137. The maximum Gasteiger partial charge on any atom is 0.416 e. The van der Waals surface area contributed by atoms with Gasteiger partial charge in [0, 0.05) is 18.7 Å². The van der Waals surface area contributed by atoms with Crippen LogP contribution in [0.2, 0.25) is 10.0 Å². The van der Waals surface area contributed by atoms with Crippen molar-refractivity contribution < 1.29 is 22.8 Å². The van der Waals surface area contributed by atoms with Gasteiger partial charge in [0.1, 0.15) is 5.25 Å². The summed E-state index contributed by atoms with van der Waals surface area (Å²) in [6.45, 7) is 1.99. The van der Waals surface area contributed by atoms with Crippen molar-refractivity contribution in [1.29, 1.82) is 0 Å². The Hall–Kier alpha value is -2.23. The van der Waals surface area contributed by atoms with Crippen molar-refractivity contribution in [2.75, 3.05) is 11.9 Å². The average Bonchev–Trinajstić information content (AvgIpc) is 2.70. The molecule has 0 spiro atoms. The zero-order chi connectivity index (χ0) is 22.8. The molecule has 2 aromatic rings. The summed E-state index contributed by atoms with van der Waals surface area (Å²) in [5.74, 6) is -0.800. The Bertz CT molecular complexity index is 1050. The first kappa shape index (κ1) is 23.4.